The molecule has 1 aliphatic heterocycles. The molecule has 1 aromatic carbocycles. The Balaban J connectivity index is 1.62. The normalized spacial score (nSPS) is 25.0. The average molecular weight is 404 g/mol. The van der Waals surface area contributed by atoms with Crippen molar-refractivity contribution in [2.45, 2.75) is 70.2 Å². The summed E-state index contributed by atoms with van der Waals surface area (Å²) in [7, 11) is -3.35. The second kappa shape index (κ2) is 6.86. The van der Waals surface area contributed by atoms with Crippen LogP contribution in [0.5, 0.6) is 0 Å². The lowest BCUT2D eigenvalue weighted by molar-refractivity contribution is 0.217. The molecule has 2 amide bonds. The van der Waals surface area contributed by atoms with Crippen LogP contribution in [0.25, 0.3) is 0 Å². The molecule has 4 N–H and O–H groups in total. The standard InChI is InChI=1S/C20H29N5O2S/c1-13(2)25-11-10-20(3,24-25)28(21,27)23-19(26)22-18-16-8-4-6-14(16)12-15-7-5-9-17(15)18/h10-13,24H,4-9H2,1-3H3,(H3,21,22,23,26,27). The molecular formula is C20H29N5O2S. The average Bonchev–Trinajstić information content (AvgIpc) is 3.33. The van der Waals surface area contributed by atoms with Gasteiger partial charge in [0.2, 0.25) is 0 Å². The molecule has 7 nitrogen and oxygen atoms in total. The number of carbonyl (C=O) groups excluding carboxylic acids is 1. The van der Waals surface area contributed by atoms with Crippen LogP contribution in [0.4, 0.5) is 10.5 Å². The van der Waals surface area contributed by atoms with E-state index in [1.54, 1.807) is 19.2 Å². The lowest BCUT2D eigenvalue weighted by Crippen LogP contribution is -2.54. The number of nitrogens with zero attached hydrogens (tertiary/aromatic N) is 2. The summed E-state index contributed by atoms with van der Waals surface area (Å²) in [5, 5.41) is 10.8. The van der Waals surface area contributed by atoms with Crippen LogP contribution in [0.1, 0.15) is 55.9 Å². The maximum Gasteiger partial charge on any atom is 0.354 e. The van der Waals surface area contributed by atoms with Crippen molar-refractivity contribution in [2.75, 3.05) is 5.32 Å². The van der Waals surface area contributed by atoms with Gasteiger partial charge in [0.05, 0.1) is 0 Å². The van der Waals surface area contributed by atoms with Crippen LogP contribution in [0.2, 0.25) is 0 Å². The van der Waals surface area contributed by atoms with Gasteiger partial charge in [-0.1, -0.05) is 6.07 Å². The molecule has 152 valence electrons. The fourth-order valence-electron chi connectivity index (χ4n) is 4.33. The highest BCUT2D eigenvalue weighted by Gasteiger charge is 2.38. The van der Waals surface area contributed by atoms with Crippen LogP contribution in [-0.2, 0) is 35.6 Å². The third-order valence-electron chi connectivity index (χ3n) is 5.99. The highest BCUT2D eigenvalue weighted by atomic mass is 32.2. The lowest BCUT2D eigenvalue weighted by Gasteiger charge is -2.30. The van der Waals surface area contributed by atoms with Gasteiger partial charge < -0.3 is 10.3 Å². The number of nitrogens with one attached hydrogen (secondary N) is 2. The van der Waals surface area contributed by atoms with Crippen molar-refractivity contribution in [2.24, 2.45) is 9.50 Å². The van der Waals surface area contributed by atoms with Gasteiger partial charge in [0.1, 0.15) is 9.92 Å². The monoisotopic (exact) mass is 403 g/mol. The van der Waals surface area contributed by atoms with Crippen molar-refractivity contribution in [1.29, 1.82) is 0 Å². The molecule has 1 aromatic rings. The number of amides is 2. The van der Waals surface area contributed by atoms with Crippen LogP contribution < -0.4 is 15.9 Å². The molecule has 3 aliphatic rings. The molecule has 0 aromatic heterocycles. The van der Waals surface area contributed by atoms with E-state index >= 15 is 0 Å². The fraction of sp³-hybridized carbons (Fsp3) is 0.550. The number of aryl methyl sites for hydroxylation is 2. The second-order valence-corrected chi connectivity index (χ2v) is 10.5. The van der Waals surface area contributed by atoms with Crippen molar-refractivity contribution in [3.05, 3.63) is 40.6 Å². The van der Waals surface area contributed by atoms with Gasteiger partial charge >= 0.3 is 6.03 Å². The van der Waals surface area contributed by atoms with Gasteiger partial charge in [-0.3, -0.25) is 0 Å². The molecule has 2 unspecified atom stereocenters. The lowest BCUT2D eigenvalue weighted by atomic mass is 9.99. The number of benzene rings is 1. The van der Waals surface area contributed by atoms with Crippen LogP contribution >= 0.6 is 0 Å². The van der Waals surface area contributed by atoms with E-state index in [9.17, 15) is 9.00 Å². The van der Waals surface area contributed by atoms with Crippen molar-refractivity contribution in [3.8, 4) is 0 Å². The first-order valence-electron chi connectivity index (χ1n) is 9.98. The Labute approximate surface area is 167 Å². The van der Waals surface area contributed by atoms with Gasteiger partial charge in [-0.05, 0) is 87.6 Å². The Hall–Kier alpha value is -1.90. The fourth-order valence-corrected chi connectivity index (χ4v) is 5.31. The summed E-state index contributed by atoms with van der Waals surface area (Å²) >= 11 is 0. The summed E-state index contributed by atoms with van der Waals surface area (Å²) in [6.45, 7) is 5.70. The van der Waals surface area contributed by atoms with E-state index in [-0.39, 0.29) is 6.04 Å². The molecular weight excluding hydrogens is 374 g/mol. The number of hydrogen-bond acceptors (Lipinski definition) is 4. The molecule has 0 bridgehead atoms. The minimum absolute atomic E-state index is 0.164. The molecule has 28 heavy (non-hydrogen) atoms. The van der Waals surface area contributed by atoms with Crippen LogP contribution in [-0.4, -0.2) is 26.2 Å². The van der Waals surface area contributed by atoms with Crippen LogP contribution in [0, 0.1) is 0 Å². The van der Waals surface area contributed by atoms with E-state index < -0.39 is 20.8 Å². The number of anilines is 1. The summed E-state index contributed by atoms with van der Waals surface area (Å²) in [5.74, 6) is 0. The van der Waals surface area contributed by atoms with Crippen molar-refractivity contribution in [1.82, 2.24) is 10.4 Å². The Kier molecular flexibility index (Phi) is 4.76. The van der Waals surface area contributed by atoms with E-state index in [1.165, 1.54) is 22.3 Å². The number of hydrazine groups is 1. The summed E-state index contributed by atoms with van der Waals surface area (Å²) < 4.78 is 17.1. The Morgan fingerprint density at radius 1 is 1.25 bits per heavy atom. The highest BCUT2D eigenvalue weighted by Crippen LogP contribution is 2.38. The predicted molar refractivity (Wildman–Crippen MR) is 112 cm³/mol. The third kappa shape index (κ3) is 3.23. The molecule has 0 fully saturated rings. The molecule has 0 saturated carbocycles. The maximum absolute atomic E-state index is 13.2. The molecule has 4 rings (SSSR count). The van der Waals surface area contributed by atoms with E-state index in [0.717, 1.165) is 44.2 Å². The number of rotatable bonds is 3. The Morgan fingerprint density at radius 3 is 2.39 bits per heavy atom. The summed E-state index contributed by atoms with van der Waals surface area (Å²) in [5.41, 5.74) is 9.06. The molecule has 8 heteroatoms. The van der Waals surface area contributed by atoms with E-state index in [4.69, 9.17) is 5.14 Å². The zero-order valence-corrected chi connectivity index (χ0v) is 17.6. The van der Waals surface area contributed by atoms with Gasteiger partial charge in [0.25, 0.3) is 0 Å². The molecule has 0 saturated heterocycles. The minimum Gasteiger partial charge on any atom is -0.312 e. The summed E-state index contributed by atoms with van der Waals surface area (Å²) in [6.07, 6.45) is 9.73. The Bertz CT molecular complexity index is 945. The van der Waals surface area contributed by atoms with Gasteiger partial charge in [-0.25, -0.2) is 19.6 Å². The van der Waals surface area contributed by atoms with E-state index in [2.05, 4.69) is 21.2 Å². The van der Waals surface area contributed by atoms with Crippen LogP contribution in [0.3, 0.4) is 0 Å². The largest absolute Gasteiger partial charge is 0.354 e. The number of urea groups is 1. The topological polar surface area (TPSA) is 99.8 Å². The number of nitrogens with two attached hydrogens (primary N) is 1. The van der Waals surface area contributed by atoms with Gasteiger partial charge in [0.15, 0.2) is 4.87 Å². The van der Waals surface area contributed by atoms with E-state index in [1.807, 2.05) is 18.9 Å². The molecule has 0 radical (unpaired) electrons. The van der Waals surface area contributed by atoms with Crippen molar-refractivity contribution < 1.29 is 9.00 Å². The van der Waals surface area contributed by atoms with Gasteiger partial charge in [-0.15, -0.1) is 4.36 Å². The molecule has 2 atom stereocenters. The third-order valence-corrected chi connectivity index (χ3v) is 7.87. The smallest absolute Gasteiger partial charge is 0.312 e. The quantitative estimate of drug-likeness (QED) is 0.722. The first-order valence-corrected chi connectivity index (χ1v) is 11.6. The van der Waals surface area contributed by atoms with Crippen molar-refractivity contribution in [3.63, 3.8) is 0 Å². The molecule has 0 spiro atoms. The van der Waals surface area contributed by atoms with Gasteiger partial charge in [0, 0.05) is 17.9 Å². The first-order chi connectivity index (χ1) is 13.2. The Morgan fingerprint density at radius 2 is 1.86 bits per heavy atom. The zero-order chi connectivity index (χ0) is 20.1. The second-order valence-electron chi connectivity index (χ2n) is 8.36. The van der Waals surface area contributed by atoms with E-state index in [0.29, 0.717) is 0 Å². The highest BCUT2D eigenvalue weighted by molar-refractivity contribution is 7.93. The first kappa shape index (κ1) is 19.4. The summed E-state index contributed by atoms with van der Waals surface area (Å²) in [4.78, 5) is 11.6. The number of hydrogen-bond donors (Lipinski definition) is 3. The van der Waals surface area contributed by atoms with Gasteiger partial charge in [-0.2, -0.15) is 0 Å². The SMILES string of the molecule is CC(C)N1C=CC(C)(S(N)(=O)=NC(=O)Nc2c3c(cc4c2CCC4)CCC3)N1. The minimum atomic E-state index is -3.35. The predicted octanol–water partition coefficient (Wildman–Crippen LogP) is 3.00. The van der Waals surface area contributed by atoms with Crippen molar-refractivity contribution >= 4 is 21.6 Å². The van der Waals surface area contributed by atoms with Crippen LogP contribution in [0.15, 0.2) is 22.7 Å². The molecule has 1 heterocycles. The zero-order valence-electron chi connectivity index (χ0n) is 16.7. The molecule has 2 aliphatic carbocycles. The summed E-state index contributed by atoms with van der Waals surface area (Å²) in [6, 6.07) is 1.83. The number of fused-ring (bicyclic) bond motifs is 2. The maximum atomic E-state index is 13.2. The number of carbonyl (C=O) groups is 1.